The van der Waals surface area contributed by atoms with Gasteiger partial charge in [-0.2, -0.15) is 0 Å². The molecule has 7 heteroatoms. The molecule has 22 heavy (non-hydrogen) atoms. The maximum atomic E-state index is 12.7. The molecule has 2 aliphatic rings. The van der Waals surface area contributed by atoms with Crippen molar-refractivity contribution in [3.05, 3.63) is 53.3 Å². The van der Waals surface area contributed by atoms with E-state index in [4.69, 9.17) is 10.5 Å². The zero-order valence-electron chi connectivity index (χ0n) is 11.3. The van der Waals surface area contributed by atoms with Crippen molar-refractivity contribution in [2.45, 2.75) is 10.9 Å². The van der Waals surface area contributed by atoms with Crippen LogP contribution in [-0.4, -0.2) is 16.9 Å². The third kappa shape index (κ3) is 1.62. The van der Waals surface area contributed by atoms with Crippen molar-refractivity contribution in [1.82, 2.24) is 10.3 Å². The largest absolute Gasteiger partial charge is 0.455 e. The van der Waals surface area contributed by atoms with Crippen LogP contribution >= 0.6 is 15.9 Å². The van der Waals surface area contributed by atoms with Crippen LogP contribution in [0.25, 0.3) is 0 Å². The Morgan fingerprint density at radius 2 is 2.14 bits per heavy atom. The highest BCUT2D eigenvalue weighted by atomic mass is 79.9. The van der Waals surface area contributed by atoms with E-state index in [0.29, 0.717) is 28.0 Å². The van der Waals surface area contributed by atoms with Gasteiger partial charge < -0.3 is 10.5 Å². The summed E-state index contributed by atoms with van der Waals surface area (Å²) in [5.41, 5.74) is 6.89. The van der Waals surface area contributed by atoms with Gasteiger partial charge in [-0.15, -0.1) is 0 Å². The molecule has 3 N–H and O–H groups in total. The number of nitrogens with two attached hydrogens (primary N) is 1. The van der Waals surface area contributed by atoms with Crippen LogP contribution in [0.5, 0.6) is 11.5 Å². The molecule has 0 fully saturated rings. The van der Waals surface area contributed by atoms with Crippen LogP contribution in [0.15, 0.2) is 41.7 Å². The van der Waals surface area contributed by atoms with E-state index < -0.39 is 5.54 Å². The maximum absolute atomic E-state index is 12.7. The second-order valence-corrected chi connectivity index (χ2v) is 5.66. The second kappa shape index (κ2) is 4.54. The Hall–Kier alpha value is -2.41. The number of benzene rings is 1. The number of pyridine rings is 1. The number of hydrogen-bond acceptors (Lipinski definition) is 5. The van der Waals surface area contributed by atoms with E-state index in [1.165, 1.54) is 0 Å². The number of nitrogens with one attached hydrogen (secondary N) is 1. The van der Waals surface area contributed by atoms with Crippen molar-refractivity contribution in [2.75, 3.05) is 0 Å². The predicted octanol–water partition coefficient (Wildman–Crippen LogP) is 1.77. The molecule has 0 saturated heterocycles. The van der Waals surface area contributed by atoms with Crippen LogP contribution in [0.3, 0.4) is 0 Å². The number of rotatable bonds is 1. The van der Waals surface area contributed by atoms with Crippen LogP contribution < -0.4 is 15.8 Å². The number of aromatic nitrogens is 1. The molecule has 0 aliphatic carbocycles. The Morgan fingerprint density at radius 3 is 2.86 bits per heavy atom. The fourth-order valence-corrected chi connectivity index (χ4v) is 3.24. The zero-order chi connectivity index (χ0) is 15.3. The molecular formula is C15H11BrN4O2. The first-order valence-corrected chi connectivity index (χ1v) is 7.76. The molecule has 110 valence electrons. The van der Waals surface area contributed by atoms with E-state index in [9.17, 15) is 4.79 Å². The van der Waals surface area contributed by atoms with Crippen LogP contribution in [-0.2, 0) is 15.7 Å². The molecule has 6 nitrogen and oxygen atoms in total. The Labute approximate surface area is 134 Å². The number of halogens is 1. The fraction of sp³-hybridized carbons (Fsp3) is 0.133. The second-order valence-electron chi connectivity index (χ2n) is 5.10. The number of carbonyl (C=O) groups excluding carboxylic acids is 1. The van der Waals surface area contributed by atoms with Crippen molar-refractivity contribution in [3.8, 4) is 11.5 Å². The molecule has 3 heterocycles. The molecule has 1 aromatic carbocycles. The average molecular weight is 359 g/mol. The minimum atomic E-state index is -1.21. The standard InChI is InChI=1S/C15H11BrN4O2/c16-6-8-1-2-11-10(5-8)15(13(21)19-14(17)20-15)9-3-4-18-7-12(9)22-11/h1-5,7H,6H2,(H3,17,19,20,21). The highest BCUT2D eigenvalue weighted by Gasteiger charge is 2.52. The van der Waals surface area contributed by atoms with Crippen LogP contribution in [0, 0.1) is 0 Å². The fourth-order valence-electron chi connectivity index (χ4n) is 2.89. The van der Waals surface area contributed by atoms with Crippen molar-refractivity contribution in [2.24, 2.45) is 10.7 Å². The highest BCUT2D eigenvalue weighted by Crippen LogP contribution is 2.50. The zero-order valence-corrected chi connectivity index (χ0v) is 12.9. The van der Waals surface area contributed by atoms with Gasteiger partial charge >= 0.3 is 0 Å². The first-order chi connectivity index (χ1) is 10.6. The van der Waals surface area contributed by atoms with Gasteiger partial charge in [0.1, 0.15) is 5.75 Å². The Kier molecular flexibility index (Phi) is 2.74. The number of hydrogen-bond donors (Lipinski definition) is 2. The van der Waals surface area contributed by atoms with Crippen molar-refractivity contribution in [1.29, 1.82) is 0 Å². The Morgan fingerprint density at radius 1 is 1.27 bits per heavy atom. The molecular weight excluding hydrogens is 348 g/mol. The van der Waals surface area contributed by atoms with Crippen LogP contribution in [0.2, 0.25) is 0 Å². The number of carbonyl (C=O) groups is 1. The average Bonchev–Trinajstić information content (AvgIpc) is 2.83. The lowest BCUT2D eigenvalue weighted by Gasteiger charge is -2.32. The predicted molar refractivity (Wildman–Crippen MR) is 83.9 cm³/mol. The topological polar surface area (TPSA) is 89.6 Å². The lowest BCUT2D eigenvalue weighted by Crippen LogP contribution is -2.41. The summed E-state index contributed by atoms with van der Waals surface area (Å²) < 4.78 is 5.88. The van der Waals surface area contributed by atoms with Gasteiger partial charge in [0.15, 0.2) is 11.7 Å². The maximum Gasteiger partial charge on any atom is 0.264 e. The Bertz CT molecular complexity index is 836. The quantitative estimate of drug-likeness (QED) is 0.760. The summed E-state index contributed by atoms with van der Waals surface area (Å²) in [6, 6.07) is 7.42. The molecule has 2 aromatic rings. The van der Waals surface area contributed by atoms with Crippen molar-refractivity contribution < 1.29 is 9.53 Å². The molecule has 1 atom stereocenters. The van der Waals surface area contributed by atoms with Crippen LogP contribution in [0.1, 0.15) is 16.7 Å². The summed E-state index contributed by atoms with van der Waals surface area (Å²) in [4.78, 5) is 21.2. The molecule has 1 spiro atoms. The van der Waals surface area contributed by atoms with E-state index in [0.717, 1.165) is 5.56 Å². The lowest BCUT2D eigenvalue weighted by molar-refractivity contribution is -0.122. The monoisotopic (exact) mass is 358 g/mol. The van der Waals surface area contributed by atoms with Crippen molar-refractivity contribution >= 4 is 27.8 Å². The summed E-state index contributed by atoms with van der Waals surface area (Å²) in [5.74, 6) is 0.910. The first kappa shape index (κ1) is 13.3. The smallest absolute Gasteiger partial charge is 0.264 e. The SMILES string of the molecule is NC1=NC2(C(=O)N1)c1ccncc1Oc1ccc(CBr)cc12. The number of guanidine groups is 1. The van der Waals surface area contributed by atoms with Gasteiger partial charge in [0.05, 0.1) is 6.20 Å². The number of alkyl halides is 1. The third-order valence-corrected chi connectivity index (χ3v) is 4.49. The molecule has 0 saturated carbocycles. The summed E-state index contributed by atoms with van der Waals surface area (Å²) in [6.45, 7) is 0. The van der Waals surface area contributed by atoms with Gasteiger partial charge in [0.2, 0.25) is 5.54 Å². The van der Waals surface area contributed by atoms with Gasteiger partial charge in [0.25, 0.3) is 5.91 Å². The summed E-state index contributed by atoms with van der Waals surface area (Å²) in [6.07, 6.45) is 3.19. The number of amides is 1. The molecule has 4 rings (SSSR count). The van der Waals surface area contributed by atoms with Crippen LogP contribution in [0.4, 0.5) is 0 Å². The number of ether oxygens (including phenoxy) is 1. The summed E-state index contributed by atoms with van der Waals surface area (Å²) >= 11 is 3.43. The molecule has 1 aromatic heterocycles. The van der Waals surface area contributed by atoms with Gasteiger partial charge in [-0.1, -0.05) is 22.0 Å². The van der Waals surface area contributed by atoms with E-state index in [2.05, 4.69) is 31.2 Å². The lowest BCUT2D eigenvalue weighted by atomic mass is 9.80. The molecule has 0 radical (unpaired) electrons. The normalized spacial score (nSPS) is 21.7. The van der Waals surface area contributed by atoms with Crippen molar-refractivity contribution in [3.63, 3.8) is 0 Å². The molecule has 1 unspecified atom stereocenters. The van der Waals surface area contributed by atoms with Gasteiger partial charge in [-0.3, -0.25) is 15.1 Å². The third-order valence-electron chi connectivity index (χ3n) is 3.84. The number of fused-ring (bicyclic) bond motifs is 4. The van der Waals surface area contributed by atoms with E-state index >= 15 is 0 Å². The Balaban J connectivity index is 2.07. The summed E-state index contributed by atoms with van der Waals surface area (Å²) in [5, 5.41) is 3.26. The number of aliphatic imine (C=N–C) groups is 1. The minimum Gasteiger partial charge on any atom is -0.455 e. The summed E-state index contributed by atoms with van der Waals surface area (Å²) in [7, 11) is 0. The van der Waals surface area contributed by atoms with Gasteiger partial charge in [-0.05, 0) is 23.8 Å². The molecule has 1 amide bonds. The minimum absolute atomic E-state index is 0.102. The van der Waals surface area contributed by atoms with Gasteiger partial charge in [0, 0.05) is 22.7 Å². The highest BCUT2D eigenvalue weighted by molar-refractivity contribution is 9.08. The van der Waals surface area contributed by atoms with E-state index in [-0.39, 0.29) is 11.9 Å². The number of nitrogens with zero attached hydrogens (tertiary/aromatic N) is 2. The van der Waals surface area contributed by atoms with E-state index in [1.807, 2.05) is 18.2 Å². The molecule has 0 bridgehead atoms. The molecule has 2 aliphatic heterocycles. The van der Waals surface area contributed by atoms with E-state index in [1.54, 1.807) is 18.5 Å². The van der Waals surface area contributed by atoms with Gasteiger partial charge in [-0.25, -0.2) is 4.99 Å². The first-order valence-electron chi connectivity index (χ1n) is 6.63.